The van der Waals surface area contributed by atoms with E-state index in [1.54, 1.807) is 18.2 Å². The number of hydrogen-bond acceptors (Lipinski definition) is 5. The fourth-order valence-corrected chi connectivity index (χ4v) is 2.57. The molecule has 6 nitrogen and oxygen atoms in total. The highest BCUT2D eigenvalue weighted by Gasteiger charge is 2.12. The molecule has 0 bridgehead atoms. The third-order valence-corrected chi connectivity index (χ3v) is 3.61. The van der Waals surface area contributed by atoms with Crippen molar-refractivity contribution in [3.05, 3.63) is 59.0 Å². The standard InChI is InChI=1S/C18H12N2O4/c1-10(21)23-12-7-6-11-8-13(18(22)24-16(11)9-12)17-19-14-4-2-3-5-15(14)20-17/h2-9H,1H3,(H,19,20). The van der Waals surface area contributed by atoms with Crippen molar-refractivity contribution in [3.8, 4) is 17.1 Å². The molecule has 0 unspecified atom stereocenters. The first-order chi connectivity index (χ1) is 11.6. The number of nitrogens with zero attached hydrogens (tertiary/aromatic N) is 1. The van der Waals surface area contributed by atoms with Crippen LogP contribution in [0, 0.1) is 0 Å². The average Bonchev–Trinajstić information content (AvgIpc) is 2.97. The summed E-state index contributed by atoms with van der Waals surface area (Å²) in [6, 6.07) is 14.1. The molecule has 0 saturated heterocycles. The fourth-order valence-electron chi connectivity index (χ4n) is 2.57. The summed E-state index contributed by atoms with van der Waals surface area (Å²) in [6.07, 6.45) is 0. The van der Waals surface area contributed by atoms with E-state index in [9.17, 15) is 9.59 Å². The van der Waals surface area contributed by atoms with E-state index in [1.165, 1.54) is 13.0 Å². The minimum absolute atomic E-state index is 0.328. The molecule has 0 spiro atoms. The first-order valence-electron chi connectivity index (χ1n) is 7.31. The minimum atomic E-state index is -0.512. The first-order valence-corrected chi connectivity index (χ1v) is 7.31. The van der Waals surface area contributed by atoms with Crippen LogP contribution in [0.5, 0.6) is 5.75 Å². The number of nitrogens with one attached hydrogen (secondary N) is 1. The highest BCUT2D eigenvalue weighted by atomic mass is 16.5. The SMILES string of the molecule is CC(=O)Oc1ccc2cc(-c3nc4ccccc4[nH]3)c(=O)oc2c1. The van der Waals surface area contributed by atoms with Crippen molar-refractivity contribution >= 4 is 28.0 Å². The molecule has 1 N–H and O–H groups in total. The Labute approximate surface area is 135 Å². The smallest absolute Gasteiger partial charge is 0.347 e. The Bertz CT molecular complexity index is 1110. The summed E-state index contributed by atoms with van der Waals surface area (Å²) in [5.74, 6) is 0.348. The Kier molecular flexibility index (Phi) is 3.16. The van der Waals surface area contributed by atoms with Crippen LogP contribution in [0.3, 0.4) is 0 Å². The predicted molar refractivity (Wildman–Crippen MR) is 88.9 cm³/mol. The molecular formula is C18H12N2O4. The maximum atomic E-state index is 12.3. The summed E-state index contributed by atoms with van der Waals surface area (Å²) >= 11 is 0. The molecule has 0 aliphatic carbocycles. The number of imidazole rings is 1. The van der Waals surface area contributed by atoms with Crippen LogP contribution in [-0.2, 0) is 4.79 Å². The molecule has 0 saturated carbocycles. The normalized spacial score (nSPS) is 11.0. The molecule has 2 aromatic carbocycles. The number of benzene rings is 2. The van der Waals surface area contributed by atoms with Crippen LogP contribution in [0.15, 0.2) is 57.7 Å². The maximum absolute atomic E-state index is 12.3. The number of H-pyrrole nitrogens is 1. The number of ether oxygens (including phenoxy) is 1. The monoisotopic (exact) mass is 320 g/mol. The first kappa shape index (κ1) is 14.2. The van der Waals surface area contributed by atoms with Gasteiger partial charge in [0.15, 0.2) is 0 Å². The molecule has 0 amide bonds. The van der Waals surface area contributed by atoms with Crippen LogP contribution in [0.2, 0.25) is 0 Å². The molecule has 2 aromatic heterocycles. The van der Waals surface area contributed by atoms with Crippen molar-refractivity contribution in [2.45, 2.75) is 6.92 Å². The molecule has 0 aliphatic heterocycles. The molecule has 0 atom stereocenters. The van der Waals surface area contributed by atoms with Crippen LogP contribution in [0.4, 0.5) is 0 Å². The number of aromatic nitrogens is 2. The van der Waals surface area contributed by atoms with E-state index in [0.717, 1.165) is 11.0 Å². The number of hydrogen-bond donors (Lipinski definition) is 1. The van der Waals surface area contributed by atoms with Crippen molar-refractivity contribution in [3.63, 3.8) is 0 Å². The van der Waals surface area contributed by atoms with Gasteiger partial charge in [-0.3, -0.25) is 4.79 Å². The number of esters is 1. The van der Waals surface area contributed by atoms with Crippen LogP contribution in [0.25, 0.3) is 33.4 Å². The van der Waals surface area contributed by atoms with Crippen LogP contribution in [0.1, 0.15) is 6.92 Å². The highest BCUT2D eigenvalue weighted by Crippen LogP contribution is 2.24. The Morgan fingerprint density at radius 3 is 2.79 bits per heavy atom. The Morgan fingerprint density at radius 1 is 1.17 bits per heavy atom. The zero-order valence-corrected chi connectivity index (χ0v) is 12.7. The van der Waals surface area contributed by atoms with Gasteiger partial charge in [-0.15, -0.1) is 0 Å². The summed E-state index contributed by atoms with van der Waals surface area (Å²) in [6.45, 7) is 1.31. The molecule has 0 fully saturated rings. The summed E-state index contributed by atoms with van der Waals surface area (Å²) in [5.41, 5.74) is 1.80. The molecule has 118 valence electrons. The predicted octanol–water partition coefficient (Wildman–Crippen LogP) is 3.26. The van der Waals surface area contributed by atoms with Crippen LogP contribution < -0.4 is 10.4 Å². The van der Waals surface area contributed by atoms with Gasteiger partial charge < -0.3 is 14.1 Å². The second kappa shape index (κ2) is 5.34. The number of carbonyl (C=O) groups excluding carboxylic acids is 1. The summed E-state index contributed by atoms with van der Waals surface area (Å²) in [5, 5.41) is 0.709. The van der Waals surface area contributed by atoms with E-state index in [1.807, 2.05) is 24.3 Å². The number of fused-ring (bicyclic) bond motifs is 2. The van der Waals surface area contributed by atoms with Crippen molar-refractivity contribution in [2.75, 3.05) is 0 Å². The number of carbonyl (C=O) groups is 1. The zero-order chi connectivity index (χ0) is 16.7. The van der Waals surface area contributed by atoms with Crippen molar-refractivity contribution in [2.24, 2.45) is 0 Å². The molecule has 0 aliphatic rings. The van der Waals surface area contributed by atoms with Gasteiger partial charge in [0, 0.05) is 18.4 Å². The van der Waals surface area contributed by atoms with Crippen LogP contribution >= 0.6 is 0 Å². The fraction of sp³-hybridized carbons (Fsp3) is 0.0556. The van der Waals surface area contributed by atoms with Gasteiger partial charge in [0.05, 0.1) is 11.0 Å². The van der Waals surface area contributed by atoms with E-state index in [0.29, 0.717) is 28.1 Å². The Balaban J connectivity index is 1.85. The topological polar surface area (TPSA) is 85.2 Å². The zero-order valence-electron chi connectivity index (χ0n) is 12.7. The number of para-hydroxylation sites is 2. The minimum Gasteiger partial charge on any atom is -0.427 e. The van der Waals surface area contributed by atoms with Crippen molar-refractivity contribution in [1.82, 2.24) is 9.97 Å². The second-order valence-electron chi connectivity index (χ2n) is 5.34. The summed E-state index contributed by atoms with van der Waals surface area (Å²) < 4.78 is 10.4. The molecule has 4 aromatic rings. The molecular weight excluding hydrogens is 308 g/mol. The van der Waals surface area contributed by atoms with E-state index in [-0.39, 0.29) is 0 Å². The van der Waals surface area contributed by atoms with E-state index in [4.69, 9.17) is 9.15 Å². The summed E-state index contributed by atoms with van der Waals surface area (Å²) in [7, 11) is 0. The van der Waals surface area contributed by atoms with E-state index in [2.05, 4.69) is 9.97 Å². The second-order valence-corrected chi connectivity index (χ2v) is 5.34. The molecule has 4 rings (SSSR count). The van der Waals surface area contributed by atoms with Gasteiger partial charge in [-0.25, -0.2) is 9.78 Å². The van der Waals surface area contributed by atoms with E-state index >= 15 is 0 Å². The Morgan fingerprint density at radius 2 is 2.00 bits per heavy atom. The average molecular weight is 320 g/mol. The molecule has 0 radical (unpaired) electrons. The van der Waals surface area contributed by atoms with Crippen molar-refractivity contribution in [1.29, 1.82) is 0 Å². The highest BCUT2D eigenvalue weighted by molar-refractivity contribution is 5.84. The Hall–Kier alpha value is -3.41. The van der Waals surface area contributed by atoms with Gasteiger partial charge in [0.25, 0.3) is 0 Å². The van der Waals surface area contributed by atoms with E-state index < -0.39 is 11.6 Å². The van der Waals surface area contributed by atoms with Crippen molar-refractivity contribution < 1.29 is 13.9 Å². The van der Waals surface area contributed by atoms with Crippen LogP contribution in [-0.4, -0.2) is 15.9 Å². The number of rotatable bonds is 2. The third-order valence-electron chi connectivity index (χ3n) is 3.61. The lowest BCUT2D eigenvalue weighted by Crippen LogP contribution is -2.04. The lowest BCUT2D eigenvalue weighted by Gasteiger charge is -2.03. The third kappa shape index (κ3) is 2.44. The van der Waals surface area contributed by atoms with Gasteiger partial charge in [0.2, 0.25) is 0 Å². The molecule has 2 heterocycles. The summed E-state index contributed by atoms with van der Waals surface area (Å²) in [4.78, 5) is 30.9. The molecule has 24 heavy (non-hydrogen) atoms. The lowest BCUT2D eigenvalue weighted by molar-refractivity contribution is -0.131. The maximum Gasteiger partial charge on any atom is 0.347 e. The number of aromatic amines is 1. The lowest BCUT2D eigenvalue weighted by atomic mass is 10.1. The molecule has 6 heteroatoms. The quantitative estimate of drug-likeness (QED) is 0.348. The van der Waals surface area contributed by atoms with Gasteiger partial charge >= 0.3 is 11.6 Å². The van der Waals surface area contributed by atoms with Gasteiger partial charge in [-0.1, -0.05) is 12.1 Å². The van der Waals surface area contributed by atoms with Gasteiger partial charge in [-0.2, -0.15) is 0 Å². The van der Waals surface area contributed by atoms with Gasteiger partial charge in [-0.05, 0) is 30.3 Å². The van der Waals surface area contributed by atoms with Gasteiger partial charge in [0.1, 0.15) is 22.7 Å². The largest absolute Gasteiger partial charge is 0.427 e.